The minimum Gasteiger partial charge on any atom is -0.491 e. The molecule has 33 heavy (non-hydrogen) atoms. The van der Waals surface area contributed by atoms with E-state index in [1.807, 2.05) is 45.9 Å². The number of anilines is 2. The first-order valence-corrected chi connectivity index (χ1v) is 10.7. The Morgan fingerprint density at radius 2 is 1.64 bits per heavy atom. The van der Waals surface area contributed by atoms with Gasteiger partial charge < -0.3 is 10.1 Å². The van der Waals surface area contributed by atoms with Gasteiger partial charge in [-0.1, -0.05) is 30.3 Å². The fourth-order valence-corrected chi connectivity index (χ4v) is 3.74. The molecule has 0 radical (unpaired) electrons. The van der Waals surface area contributed by atoms with Gasteiger partial charge in [0.25, 0.3) is 11.8 Å². The Balaban J connectivity index is 1.81. The lowest BCUT2D eigenvalue weighted by Crippen LogP contribution is -2.32. The summed E-state index contributed by atoms with van der Waals surface area (Å²) in [5.41, 5.74) is 3.79. The maximum absolute atomic E-state index is 13.9. The van der Waals surface area contributed by atoms with E-state index in [-0.39, 0.29) is 23.1 Å². The van der Waals surface area contributed by atoms with Crippen molar-refractivity contribution < 1.29 is 18.7 Å². The summed E-state index contributed by atoms with van der Waals surface area (Å²) in [6, 6.07) is 18.3. The molecular formula is C27H25FN2O3. The Morgan fingerprint density at radius 1 is 0.909 bits per heavy atom. The molecule has 168 valence electrons. The molecule has 0 fully saturated rings. The van der Waals surface area contributed by atoms with Gasteiger partial charge in [0.1, 0.15) is 17.3 Å². The maximum atomic E-state index is 13.9. The van der Waals surface area contributed by atoms with Crippen LogP contribution in [0.25, 0.3) is 5.57 Å². The number of carbonyl (C=O) groups excluding carboxylic acids is 2. The number of aryl methyl sites for hydroxylation is 2. The second-order valence-corrected chi connectivity index (χ2v) is 8.31. The lowest BCUT2D eigenvalue weighted by Gasteiger charge is -2.16. The number of nitrogens with zero attached hydrogens (tertiary/aromatic N) is 1. The van der Waals surface area contributed by atoms with Crippen LogP contribution in [0.3, 0.4) is 0 Å². The van der Waals surface area contributed by atoms with Gasteiger partial charge in [0.05, 0.1) is 17.4 Å². The van der Waals surface area contributed by atoms with Crippen molar-refractivity contribution in [1.82, 2.24) is 0 Å². The Bertz CT molecular complexity index is 1260. The highest BCUT2D eigenvalue weighted by atomic mass is 19.1. The molecule has 3 aromatic carbocycles. The standard InChI is InChI=1S/C27H25FN2O3/c1-16(2)33-22-12-10-19(11-13-22)24-25(29-23-14-17(3)8-9-18(23)4)27(32)30(26(24)31)21-7-5-6-20(28)15-21/h5-16,29H,1-4H3. The highest BCUT2D eigenvalue weighted by Crippen LogP contribution is 2.35. The first-order valence-electron chi connectivity index (χ1n) is 10.7. The van der Waals surface area contributed by atoms with E-state index in [1.54, 1.807) is 24.3 Å². The number of ether oxygens (including phenoxy) is 1. The molecule has 0 aromatic heterocycles. The van der Waals surface area contributed by atoms with Crippen molar-refractivity contribution in [3.63, 3.8) is 0 Å². The SMILES string of the molecule is Cc1ccc(C)c(NC2=C(c3ccc(OC(C)C)cc3)C(=O)N(c3cccc(F)c3)C2=O)c1. The van der Waals surface area contributed by atoms with E-state index < -0.39 is 17.6 Å². The molecule has 0 bridgehead atoms. The zero-order valence-electron chi connectivity index (χ0n) is 19.0. The van der Waals surface area contributed by atoms with E-state index in [0.29, 0.717) is 11.3 Å². The van der Waals surface area contributed by atoms with Crippen LogP contribution in [-0.2, 0) is 9.59 Å². The van der Waals surface area contributed by atoms with Crippen LogP contribution in [0, 0.1) is 19.7 Å². The molecule has 5 nitrogen and oxygen atoms in total. The summed E-state index contributed by atoms with van der Waals surface area (Å²) < 4.78 is 19.6. The number of amides is 2. The van der Waals surface area contributed by atoms with E-state index >= 15 is 0 Å². The molecule has 0 spiro atoms. The minimum atomic E-state index is -0.538. The van der Waals surface area contributed by atoms with Crippen LogP contribution in [0.5, 0.6) is 5.75 Å². The van der Waals surface area contributed by atoms with Gasteiger partial charge >= 0.3 is 0 Å². The smallest absolute Gasteiger partial charge is 0.282 e. The molecule has 2 amide bonds. The van der Waals surface area contributed by atoms with E-state index in [1.165, 1.54) is 24.3 Å². The van der Waals surface area contributed by atoms with E-state index in [2.05, 4.69) is 5.32 Å². The van der Waals surface area contributed by atoms with Gasteiger partial charge in [-0.15, -0.1) is 0 Å². The molecule has 6 heteroatoms. The number of rotatable bonds is 6. The van der Waals surface area contributed by atoms with Gasteiger partial charge in [0, 0.05) is 5.69 Å². The molecule has 0 unspecified atom stereocenters. The number of carbonyl (C=O) groups is 2. The fourth-order valence-electron chi connectivity index (χ4n) is 3.74. The third kappa shape index (κ3) is 4.51. The summed E-state index contributed by atoms with van der Waals surface area (Å²) in [4.78, 5) is 28.0. The van der Waals surface area contributed by atoms with Gasteiger partial charge in [-0.3, -0.25) is 9.59 Å². The highest BCUT2D eigenvalue weighted by molar-refractivity contribution is 6.46. The third-order valence-corrected chi connectivity index (χ3v) is 5.32. The van der Waals surface area contributed by atoms with Crippen molar-refractivity contribution in [2.45, 2.75) is 33.8 Å². The molecule has 3 aromatic rings. The van der Waals surface area contributed by atoms with Crippen LogP contribution >= 0.6 is 0 Å². The topological polar surface area (TPSA) is 58.6 Å². The van der Waals surface area contributed by atoms with Crippen molar-refractivity contribution in [3.05, 3.63) is 94.9 Å². The van der Waals surface area contributed by atoms with Gasteiger partial charge in [-0.25, -0.2) is 9.29 Å². The van der Waals surface area contributed by atoms with Crippen molar-refractivity contribution in [3.8, 4) is 5.75 Å². The Hall–Kier alpha value is -3.93. The van der Waals surface area contributed by atoms with Gasteiger partial charge in [-0.2, -0.15) is 0 Å². The summed E-state index contributed by atoms with van der Waals surface area (Å²) in [5, 5.41) is 3.18. The van der Waals surface area contributed by atoms with Crippen LogP contribution in [0.4, 0.5) is 15.8 Å². The predicted molar refractivity (Wildman–Crippen MR) is 128 cm³/mol. The Kier molecular flexibility index (Phi) is 6.01. The minimum absolute atomic E-state index is 0.00903. The maximum Gasteiger partial charge on any atom is 0.282 e. The molecular weight excluding hydrogens is 419 g/mol. The van der Waals surface area contributed by atoms with Gasteiger partial charge in [-0.05, 0) is 80.8 Å². The predicted octanol–water partition coefficient (Wildman–Crippen LogP) is 5.63. The highest BCUT2D eigenvalue weighted by Gasteiger charge is 2.40. The molecule has 0 atom stereocenters. The first-order chi connectivity index (χ1) is 15.7. The Labute approximate surface area is 192 Å². The molecule has 1 N–H and O–H groups in total. The zero-order valence-corrected chi connectivity index (χ0v) is 19.0. The average molecular weight is 445 g/mol. The van der Waals surface area contributed by atoms with Crippen molar-refractivity contribution >= 4 is 28.8 Å². The van der Waals surface area contributed by atoms with Crippen molar-refractivity contribution in [2.24, 2.45) is 0 Å². The van der Waals surface area contributed by atoms with Crippen molar-refractivity contribution in [1.29, 1.82) is 0 Å². The number of benzene rings is 3. The van der Waals surface area contributed by atoms with Crippen LogP contribution in [0.1, 0.15) is 30.5 Å². The molecule has 1 heterocycles. The third-order valence-electron chi connectivity index (χ3n) is 5.32. The summed E-state index contributed by atoms with van der Waals surface area (Å²) in [5.74, 6) is -0.919. The van der Waals surface area contributed by atoms with Crippen LogP contribution in [0.2, 0.25) is 0 Å². The normalized spacial score (nSPS) is 13.8. The second kappa shape index (κ2) is 8.90. The second-order valence-electron chi connectivity index (χ2n) is 8.31. The number of hydrogen-bond acceptors (Lipinski definition) is 4. The van der Waals surface area contributed by atoms with E-state index in [9.17, 15) is 14.0 Å². The lowest BCUT2D eigenvalue weighted by atomic mass is 10.0. The lowest BCUT2D eigenvalue weighted by molar-refractivity contribution is -0.120. The summed E-state index contributed by atoms with van der Waals surface area (Å²) >= 11 is 0. The summed E-state index contributed by atoms with van der Waals surface area (Å²) in [6.45, 7) is 7.73. The number of hydrogen-bond donors (Lipinski definition) is 1. The molecule has 1 aliphatic rings. The molecule has 1 aliphatic heterocycles. The van der Waals surface area contributed by atoms with E-state index in [0.717, 1.165) is 21.7 Å². The molecule has 4 rings (SSSR count). The van der Waals surface area contributed by atoms with E-state index in [4.69, 9.17) is 4.74 Å². The summed E-state index contributed by atoms with van der Waals surface area (Å²) in [6.07, 6.45) is 0.00903. The quantitative estimate of drug-likeness (QED) is 0.501. The molecule has 0 aliphatic carbocycles. The summed E-state index contributed by atoms with van der Waals surface area (Å²) in [7, 11) is 0. The van der Waals surface area contributed by atoms with Crippen LogP contribution in [0.15, 0.2) is 72.4 Å². The number of nitrogens with one attached hydrogen (secondary N) is 1. The molecule has 0 saturated heterocycles. The first kappa shape index (κ1) is 22.3. The van der Waals surface area contributed by atoms with Gasteiger partial charge in [0.2, 0.25) is 0 Å². The number of halogens is 1. The number of imide groups is 1. The van der Waals surface area contributed by atoms with Crippen molar-refractivity contribution in [2.75, 3.05) is 10.2 Å². The molecule has 0 saturated carbocycles. The van der Waals surface area contributed by atoms with Crippen LogP contribution in [-0.4, -0.2) is 17.9 Å². The average Bonchev–Trinajstić information content (AvgIpc) is 3.00. The zero-order chi connectivity index (χ0) is 23.7. The Morgan fingerprint density at radius 3 is 2.30 bits per heavy atom. The largest absolute Gasteiger partial charge is 0.491 e. The van der Waals surface area contributed by atoms with Gasteiger partial charge in [0.15, 0.2) is 0 Å². The fraction of sp³-hybridized carbons (Fsp3) is 0.185. The van der Waals surface area contributed by atoms with Crippen LogP contribution < -0.4 is 15.0 Å². The monoisotopic (exact) mass is 444 g/mol.